The Bertz CT molecular complexity index is 1230. The Morgan fingerprint density at radius 2 is 1.70 bits per heavy atom. The maximum atomic E-state index is 12.2. The topological polar surface area (TPSA) is 120 Å². The average molecular weight is 419 g/mol. The van der Waals surface area contributed by atoms with Crippen molar-refractivity contribution < 1.29 is 9.59 Å². The summed E-state index contributed by atoms with van der Waals surface area (Å²) in [4.78, 5) is 46.0. The zero-order valence-corrected chi connectivity index (χ0v) is 16.5. The molecule has 2 aromatic carbocycles. The molecular weight excluding hydrogens is 402 g/mol. The first-order valence-electron chi connectivity index (χ1n) is 9.05. The molecule has 9 heteroatoms. The number of fused-ring (bicyclic) bond motifs is 1. The van der Waals surface area contributed by atoms with Gasteiger partial charge in [-0.1, -0.05) is 36.0 Å². The molecule has 0 spiro atoms. The van der Waals surface area contributed by atoms with Gasteiger partial charge in [-0.3, -0.25) is 25.2 Å². The van der Waals surface area contributed by atoms with Crippen LogP contribution in [0.5, 0.6) is 0 Å². The quantitative estimate of drug-likeness (QED) is 0.293. The zero-order chi connectivity index (χ0) is 20.9. The van der Waals surface area contributed by atoms with E-state index in [9.17, 15) is 14.4 Å². The van der Waals surface area contributed by atoms with Crippen molar-refractivity contribution in [3.8, 4) is 0 Å². The summed E-state index contributed by atoms with van der Waals surface area (Å²) in [6, 6.07) is 17.8. The number of thioether (sulfide) groups is 1. The van der Waals surface area contributed by atoms with E-state index in [4.69, 9.17) is 0 Å². The number of benzene rings is 2. The van der Waals surface area contributed by atoms with Crippen molar-refractivity contribution >= 4 is 34.6 Å². The number of hydrogen-bond acceptors (Lipinski definition) is 5. The third-order valence-corrected chi connectivity index (χ3v) is 5.26. The predicted octanol–water partition coefficient (Wildman–Crippen LogP) is 2.62. The van der Waals surface area contributed by atoms with Gasteiger partial charge in [0.15, 0.2) is 5.16 Å². The van der Waals surface area contributed by atoms with Gasteiger partial charge in [0.1, 0.15) is 5.56 Å². The molecule has 0 saturated heterocycles. The Kier molecular flexibility index (Phi) is 5.62. The van der Waals surface area contributed by atoms with Crippen LogP contribution in [0.1, 0.15) is 26.3 Å². The molecule has 2 aromatic heterocycles. The van der Waals surface area contributed by atoms with E-state index in [0.717, 1.165) is 21.8 Å². The minimum Gasteiger partial charge on any atom is -0.333 e. The average Bonchev–Trinajstić information content (AvgIpc) is 3.19. The molecule has 0 aliphatic carbocycles. The Labute approximate surface area is 175 Å². The Balaban J connectivity index is 1.32. The summed E-state index contributed by atoms with van der Waals surface area (Å²) in [5, 5.41) is 0.830. The van der Waals surface area contributed by atoms with Gasteiger partial charge in [0, 0.05) is 17.5 Å². The predicted molar refractivity (Wildman–Crippen MR) is 114 cm³/mol. The Morgan fingerprint density at radius 3 is 2.47 bits per heavy atom. The lowest BCUT2D eigenvalue weighted by Gasteiger charge is -2.07. The Hall–Kier alpha value is -3.85. The molecule has 0 aliphatic heterocycles. The van der Waals surface area contributed by atoms with Gasteiger partial charge in [0.05, 0.1) is 11.0 Å². The molecule has 0 atom stereocenters. The zero-order valence-electron chi connectivity index (χ0n) is 15.6. The first-order chi connectivity index (χ1) is 14.6. The van der Waals surface area contributed by atoms with Crippen molar-refractivity contribution in [1.82, 2.24) is 25.8 Å². The first kappa shape index (κ1) is 19.5. The number of nitrogens with one attached hydrogen (secondary N) is 4. The van der Waals surface area contributed by atoms with Crippen LogP contribution in [0.2, 0.25) is 0 Å². The molecule has 150 valence electrons. The smallest absolute Gasteiger partial charge is 0.275 e. The van der Waals surface area contributed by atoms with Gasteiger partial charge >= 0.3 is 0 Å². The summed E-state index contributed by atoms with van der Waals surface area (Å²) in [5.41, 5.74) is 7.25. The number of hydrazine groups is 1. The van der Waals surface area contributed by atoms with Crippen molar-refractivity contribution in [2.45, 2.75) is 10.9 Å². The maximum Gasteiger partial charge on any atom is 0.275 e. The van der Waals surface area contributed by atoms with E-state index in [0.29, 0.717) is 11.3 Å². The number of amides is 2. The molecule has 0 unspecified atom stereocenters. The van der Waals surface area contributed by atoms with E-state index < -0.39 is 17.4 Å². The van der Waals surface area contributed by atoms with Crippen molar-refractivity contribution in [3.63, 3.8) is 0 Å². The molecule has 2 heterocycles. The SMILES string of the molecule is O=C(NNC(=O)c1ccc[nH]c1=O)c1ccc(CSc2nc3ccccc3[nH]2)cc1. The monoisotopic (exact) mass is 419 g/mol. The fourth-order valence-corrected chi connectivity index (χ4v) is 3.60. The summed E-state index contributed by atoms with van der Waals surface area (Å²) in [7, 11) is 0. The van der Waals surface area contributed by atoms with Crippen LogP contribution in [0, 0.1) is 0 Å². The van der Waals surface area contributed by atoms with Gasteiger partial charge < -0.3 is 9.97 Å². The van der Waals surface area contributed by atoms with Gasteiger partial charge in [-0.15, -0.1) is 0 Å². The van der Waals surface area contributed by atoms with E-state index in [2.05, 4.69) is 25.8 Å². The molecular formula is C21H17N5O3S. The van der Waals surface area contributed by atoms with Gasteiger partial charge in [-0.25, -0.2) is 4.98 Å². The standard InChI is InChI=1S/C21H17N5O3S/c27-18(25-26-20(29)15-4-3-11-22-19(15)28)14-9-7-13(8-10-14)12-30-21-23-16-5-1-2-6-17(16)24-21/h1-11H,12H2,(H,22,28)(H,23,24)(H,25,27)(H,26,29). The molecule has 0 radical (unpaired) electrons. The van der Waals surface area contributed by atoms with E-state index in [1.165, 1.54) is 18.3 Å². The van der Waals surface area contributed by atoms with Crippen molar-refractivity contribution in [1.29, 1.82) is 0 Å². The molecule has 0 bridgehead atoms. The van der Waals surface area contributed by atoms with Gasteiger partial charge in [-0.05, 0) is 42.0 Å². The van der Waals surface area contributed by atoms with Crippen LogP contribution >= 0.6 is 11.8 Å². The second-order valence-electron chi connectivity index (χ2n) is 6.37. The lowest BCUT2D eigenvalue weighted by Crippen LogP contribution is -2.43. The summed E-state index contributed by atoms with van der Waals surface area (Å²) >= 11 is 1.57. The number of aromatic amines is 2. The summed E-state index contributed by atoms with van der Waals surface area (Å²) in [5.74, 6) is -0.480. The number of hydrogen-bond donors (Lipinski definition) is 4. The minimum absolute atomic E-state index is 0.0873. The molecule has 8 nitrogen and oxygen atoms in total. The van der Waals surface area contributed by atoms with Gasteiger partial charge in [0.2, 0.25) is 0 Å². The van der Waals surface area contributed by atoms with Gasteiger partial charge in [-0.2, -0.15) is 0 Å². The summed E-state index contributed by atoms with van der Waals surface area (Å²) < 4.78 is 0. The molecule has 30 heavy (non-hydrogen) atoms. The van der Waals surface area contributed by atoms with Gasteiger partial charge in [0.25, 0.3) is 17.4 Å². The van der Waals surface area contributed by atoms with Crippen molar-refractivity contribution in [2.75, 3.05) is 0 Å². The highest BCUT2D eigenvalue weighted by molar-refractivity contribution is 7.98. The van der Waals surface area contributed by atoms with Crippen LogP contribution in [0.3, 0.4) is 0 Å². The highest BCUT2D eigenvalue weighted by Crippen LogP contribution is 2.23. The van der Waals surface area contributed by atoms with Crippen LogP contribution in [-0.2, 0) is 5.75 Å². The van der Waals surface area contributed by atoms with Crippen LogP contribution in [0.15, 0.2) is 76.8 Å². The molecule has 0 aliphatic rings. The number of nitrogens with zero attached hydrogens (tertiary/aromatic N) is 1. The summed E-state index contributed by atoms with van der Waals surface area (Å²) in [6.07, 6.45) is 1.42. The van der Waals surface area contributed by atoms with E-state index >= 15 is 0 Å². The number of pyridine rings is 1. The second-order valence-corrected chi connectivity index (χ2v) is 7.33. The van der Waals surface area contributed by atoms with E-state index in [-0.39, 0.29) is 5.56 Å². The fraction of sp³-hybridized carbons (Fsp3) is 0.0476. The molecule has 4 aromatic rings. The fourth-order valence-electron chi connectivity index (χ4n) is 2.76. The van der Waals surface area contributed by atoms with Crippen LogP contribution < -0.4 is 16.4 Å². The number of imidazole rings is 1. The number of rotatable bonds is 5. The first-order valence-corrected chi connectivity index (χ1v) is 10.0. The minimum atomic E-state index is -0.691. The third kappa shape index (κ3) is 4.41. The number of carbonyl (C=O) groups excluding carboxylic acids is 2. The molecule has 4 rings (SSSR count). The molecule has 0 fully saturated rings. The van der Waals surface area contributed by atoms with E-state index in [1.807, 2.05) is 36.4 Å². The number of aromatic nitrogens is 3. The largest absolute Gasteiger partial charge is 0.333 e. The lowest BCUT2D eigenvalue weighted by atomic mass is 10.1. The highest BCUT2D eigenvalue weighted by Gasteiger charge is 2.12. The summed E-state index contributed by atoms with van der Waals surface area (Å²) in [6.45, 7) is 0. The normalized spacial score (nSPS) is 10.7. The highest BCUT2D eigenvalue weighted by atomic mass is 32.2. The molecule has 2 amide bonds. The molecule has 0 saturated carbocycles. The van der Waals surface area contributed by atoms with Crippen LogP contribution in [0.4, 0.5) is 0 Å². The second kappa shape index (κ2) is 8.66. The number of H-pyrrole nitrogens is 2. The van der Waals surface area contributed by atoms with Crippen molar-refractivity contribution in [2.24, 2.45) is 0 Å². The van der Waals surface area contributed by atoms with E-state index in [1.54, 1.807) is 23.9 Å². The number of carbonyl (C=O) groups is 2. The van der Waals surface area contributed by atoms with Crippen LogP contribution in [0.25, 0.3) is 11.0 Å². The number of para-hydroxylation sites is 2. The van der Waals surface area contributed by atoms with Crippen LogP contribution in [-0.4, -0.2) is 26.8 Å². The third-order valence-electron chi connectivity index (χ3n) is 4.31. The lowest BCUT2D eigenvalue weighted by molar-refractivity contribution is 0.0846. The Morgan fingerprint density at radius 1 is 0.933 bits per heavy atom. The van der Waals surface area contributed by atoms with Crippen molar-refractivity contribution in [3.05, 3.63) is 93.9 Å². The maximum absolute atomic E-state index is 12.2. The molecule has 4 N–H and O–H groups in total.